The molecule has 0 saturated carbocycles. The minimum Gasteiger partial charge on any atom is -0.467 e. The lowest BCUT2D eigenvalue weighted by Gasteiger charge is -2.19. The van der Waals surface area contributed by atoms with Crippen molar-refractivity contribution in [3.05, 3.63) is 96.1 Å². The zero-order valence-electron chi connectivity index (χ0n) is 18.2. The van der Waals surface area contributed by atoms with Gasteiger partial charge in [0.05, 0.1) is 13.7 Å². The number of amides is 2. The zero-order valence-corrected chi connectivity index (χ0v) is 18.2. The van der Waals surface area contributed by atoms with Crippen molar-refractivity contribution in [2.75, 3.05) is 13.7 Å². The van der Waals surface area contributed by atoms with Gasteiger partial charge in [0.2, 0.25) is 5.91 Å². The summed E-state index contributed by atoms with van der Waals surface area (Å²) in [5.41, 5.74) is 1.41. The Morgan fingerprint density at radius 1 is 0.818 bits per heavy atom. The van der Waals surface area contributed by atoms with Crippen LogP contribution in [0.15, 0.2) is 84.9 Å². The predicted octanol–water partition coefficient (Wildman–Crippen LogP) is 3.62. The summed E-state index contributed by atoms with van der Waals surface area (Å²) in [6, 6.07) is 25.7. The summed E-state index contributed by atoms with van der Waals surface area (Å²) in [4.78, 5) is 37.4. The minimum absolute atomic E-state index is 0.252. The number of fused-ring (bicyclic) bond motifs is 2. The Labute approximate surface area is 191 Å². The fourth-order valence-electron chi connectivity index (χ4n) is 3.97. The van der Waals surface area contributed by atoms with Gasteiger partial charge in [0.15, 0.2) is 0 Å². The average Bonchev–Trinajstić information content (AvgIpc) is 2.86. The van der Waals surface area contributed by atoms with E-state index < -0.39 is 17.9 Å². The molecule has 4 aromatic rings. The molecule has 0 bridgehead atoms. The molecule has 2 N–H and O–H groups in total. The topological polar surface area (TPSA) is 84.5 Å². The Balaban J connectivity index is 1.56. The molecule has 4 rings (SSSR count). The molecule has 0 aliphatic carbocycles. The van der Waals surface area contributed by atoms with Gasteiger partial charge in [0.1, 0.15) is 6.04 Å². The molecule has 0 fully saturated rings. The maximum atomic E-state index is 12.6. The average molecular weight is 440 g/mol. The number of hydrogen-bond donors (Lipinski definition) is 2. The summed E-state index contributed by atoms with van der Waals surface area (Å²) >= 11 is 0. The van der Waals surface area contributed by atoms with Crippen LogP contribution in [0.4, 0.5) is 0 Å². The molecular weight excluding hydrogens is 416 g/mol. The number of carbonyl (C=O) groups is 3. The molecular formula is C27H24N2O4. The standard InChI is InChI=1S/C27H24N2O4/c1-33-27(32)24(29-25(30)17-28-26(31)18-9-3-2-4-10-18)16-23-21-13-7-5-11-19(21)15-20-12-6-8-14-22(20)23/h2-15,24H,16-17H2,1H3,(H,28,31)(H,29,30)/t24-/m0/s1. The van der Waals surface area contributed by atoms with Crippen LogP contribution in [0.2, 0.25) is 0 Å². The highest BCUT2D eigenvalue weighted by Gasteiger charge is 2.24. The van der Waals surface area contributed by atoms with E-state index in [0.717, 1.165) is 27.1 Å². The van der Waals surface area contributed by atoms with E-state index in [-0.39, 0.29) is 18.9 Å². The number of hydrogen-bond acceptors (Lipinski definition) is 4. The lowest BCUT2D eigenvalue weighted by molar-refractivity contribution is -0.144. The van der Waals surface area contributed by atoms with Gasteiger partial charge < -0.3 is 15.4 Å². The van der Waals surface area contributed by atoms with E-state index in [1.807, 2.05) is 48.5 Å². The van der Waals surface area contributed by atoms with Crippen molar-refractivity contribution in [2.24, 2.45) is 0 Å². The summed E-state index contributed by atoms with van der Waals surface area (Å²) in [7, 11) is 1.29. The molecule has 1 atom stereocenters. The van der Waals surface area contributed by atoms with Crippen molar-refractivity contribution in [1.82, 2.24) is 10.6 Å². The monoisotopic (exact) mass is 440 g/mol. The van der Waals surface area contributed by atoms with Gasteiger partial charge in [-0.2, -0.15) is 0 Å². The van der Waals surface area contributed by atoms with E-state index in [1.165, 1.54) is 7.11 Å². The molecule has 0 aromatic heterocycles. The number of ether oxygens (including phenoxy) is 1. The molecule has 166 valence electrons. The van der Waals surface area contributed by atoms with Gasteiger partial charge in [-0.25, -0.2) is 4.79 Å². The molecule has 2 amide bonds. The van der Waals surface area contributed by atoms with Crippen LogP contribution in [0.25, 0.3) is 21.5 Å². The molecule has 0 spiro atoms. The van der Waals surface area contributed by atoms with Crippen LogP contribution in [-0.4, -0.2) is 37.5 Å². The number of nitrogens with one attached hydrogen (secondary N) is 2. The predicted molar refractivity (Wildman–Crippen MR) is 128 cm³/mol. The van der Waals surface area contributed by atoms with Crippen molar-refractivity contribution in [3.63, 3.8) is 0 Å². The third kappa shape index (κ3) is 5.01. The third-order valence-corrected chi connectivity index (χ3v) is 5.56. The van der Waals surface area contributed by atoms with Crippen molar-refractivity contribution in [2.45, 2.75) is 12.5 Å². The fraction of sp³-hybridized carbons (Fsp3) is 0.148. The molecule has 0 saturated heterocycles. The number of esters is 1. The van der Waals surface area contributed by atoms with Crippen molar-refractivity contribution in [1.29, 1.82) is 0 Å². The van der Waals surface area contributed by atoms with E-state index in [1.54, 1.807) is 30.3 Å². The maximum absolute atomic E-state index is 12.6. The van der Waals surface area contributed by atoms with Crippen molar-refractivity contribution in [3.8, 4) is 0 Å². The first-order valence-electron chi connectivity index (χ1n) is 10.7. The van der Waals surface area contributed by atoms with E-state index in [2.05, 4.69) is 16.7 Å². The Morgan fingerprint density at radius 3 is 2.00 bits per heavy atom. The van der Waals surface area contributed by atoms with Gasteiger partial charge in [-0.15, -0.1) is 0 Å². The Morgan fingerprint density at radius 2 is 1.39 bits per heavy atom. The smallest absolute Gasteiger partial charge is 0.328 e. The summed E-state index contributed by atoms with van der Waals surface area (Å²) in [5.74, 6) is -1.38. The first-order valence-corrected chi connectivity index (χ1v) is 10.7. The molecule has 0 radical (unpaired) electrons. The van der Waals surface area contributed by atoms with Crippen LogP contribution < -0.4 is 10.6 Å². The minimum atomic E-state index is -0.898. The van der Waals surface area contributed by atoms with Gasteiger partial charge in [-0.3, -0.25) is 9.59 Å². The third-order valence-electron chi connectivity index (χ3n) is 5.56. The second kappa shape index (κ2) is 9.96. The molecule has 0 aliphatic rings. The number of benzene rings is 4. The molecule has 0 heterocycles. The van der Waals surface area contributed by atoms with E-state index in [9.17, 15) is 14.4 Å². The molecule has 6 heteroatoms. The number of methoxy groups -OCH3 is 1. The molecule has 6 nitrogen and oxygen atoms in total. The van der Waals surface area contributed by atoms with Crippen LogP contribution in [0, 0.1) is 0 Å². The van der Waals surface area contributed by atoms with Crippen LogP contribution in [0.1, 0.15) is 15.9 Å². The highest BCUT2D eigenvalue weighted by Crippen LogP contribution is 2.29. The van der Waals surface area contributed by atoms with Crippen LogP contribution in [0.3, 0.4) is 0 Å². The fourth-order valence-corrected chi connectivity index (χ4v) is 3.97. The lowest BCUT2D eigenvalue weighted by Crippen LogP contribution is -2.47. The van der Waals surface area contributed by atoms with Crippen molar-refractivity contribution >= 4 is 39.3 Å². The van der Waals surface area contributed by atoms with Crippen LogP contribution in [0.5, 0.6) is 0 Å². The largest absolute Gasteiger partial charge is 0.467 e. The number of carbonyl (C=O) groups excluding carboxylic acids is 3. The van der Waals surface area contributed by atoms with Crippen LogP contribution >= 0.6 is 0 Å². The second-order valence-electron chi connectivity index (χ2n) is 7.69. The van der Waals surface area contributed by atoms with Gasteiger partial charge in [0, 0.05) is 12.0 Å². The molecule has 0 aliphatic heterocycles. The second-order valence-corrected chi connectivity index (χ2v) is 7.69. The summed E-state index contributed by atoms with van der Waals surface area (Å²) in [5, 5.41) is 9.43. The normalized spacial score (nSPS) is 11.7. The maximum Gasteiger partial charge on any atom is 0.328 e. The Bertz CT molecular complexity index is 1260. The van der Waals surface area contributed by atoms with Crippen LogP contribution in [-0.2, 0) is 20.7 Å². The molecule has 0 unspecified atom stereocenters. The highest BCUT2D eigenvalue weighted by molar-refractivity contribution is 6.03. The summed E-state index contributed by atoms with van der Waals surface area (Å²) in [6.07, 6.45) is 0.257. The lowest BCUT2D eigenvalue weighted by atomic mass is 9.92. The SMILES string of the molecule is COC(=O)[C@H](Cc1c2ccccc2cc2ccccc12)NC(=O)CNC(=O)c1ccccc1. The van der Waals surface area contributed by atoms with Gasteiger partial charge in [-0.1, -0.05) is 66.7 Å². The molecule has 33 heavy (non-hydrogen) atoms. The summed E-state index contributed by atoms with van der Waals surface area (Å²) in [6.45, 7) is -0.252. The molecule has 4 aromatic carbocycles. The van der Waals surface area contributed by atoms with E-state index in [4.69, 9.17) is 4.74 Å². The van der Waals surface area contributed by atoms with E-state index in [0.29, 0.717) is 5.56 Å². The first kappa shape index (κ1) is 22.0. The number of rotatable bonds is 7. The van der Waals surface area contributed by atoms with Gasteiger partial charge in [0.25, 0.3) is 5.91 Å². The van der Waals surface area contributed by atoms with E-state index >= 15 is 0 Å². The van der Waals surface area contributed by atoms with Gasteiger partial charge in [-0.05, 0) is 45.3 Å². The van der Waals surface area contributed by atoms with Gasteiger partial charge >= 0.3 is 5.97 Å². The summed E-state index contributed by atoms with van der Waals surface area (Å²) < 4.78 is 4.96. The highest BCUT2D eigenvalue weighted by atomic mass is 16.5. The Kier molecular flexibility index (Phi) is 6.64. The van der Waals surface area contributed by atoms with Crippen molar-refractivity contribution < 1.29 is 19.1 Å². The quantitative estimate of drug-likeness (QED) is 0.340. The Hall–Kier alpha value is -4.19. The first-order chi connectivity index (χ1) is 16.1. The zero-order chi connectivity index (χ0) is 23.2.